The van der Waals surface area contributed by atoms with E-state index in [4.69, 9.17) is 0 Å². The van der Waals surface area contributed by atoms with Gasteiger partial charge in [0.05, 0.1) is 0 Å². The highest BCUT2D eigenvalue weighted by molar-refractivity contribution is 8.76. The number of aryl methyl sites for hydroxylation is 2. The molecule has 0 aliphatic heterocycles. The monoisotopic (exact) mass is 310 g/mol. The van der Waals surface area contributed by atoms with Gasteiger partial charge < -0.3 is 0 Å². The van der Waals surface area contributed by atoms with Gasteiger partial charge >= 0.3 is 0 Å². The number of rotatable bonds is 7. The Balaban J connectivity index is 1.57. The molecule has 20 heavy (non-hydrogen) atoms. The smallest absolute Gasteiger partial charge is 0.123 e. The Morgan fingerprint density at radius 1 is 0.600 bits per heavy atom. The van der Waals surface area contributed by atoms with Gasteiger partial charge in [0, 0.05) is 11.5 Å². The molecule has 0 saturated carbocycles. The number of halogens is 2. The van der Waals surface area contributed by atoms with E-state index in [1.54, 1.807) is 0 Å². The summed E-state index contributed by atoms with van der Waals surface area (Å²) in [5.74, 6) is 1.66. The van der Waals surface area contributed by atoms with Gasteiger partial charge in [-0.15, -0.1) is 0 Å². The molecule has 0 amide bonds. The van der Waals surface area contributed by atoms with E-state index < -0.39 is 0 Å². The Morgan fingerprint density at radius 2 is 0.950 bits per heavy atom. The molecule has 0 heterocycles. The van der Waals surface area contributed by atoms with E-state index in [0.717, 1.165) is 35.5 Å². The van der Waals surface area contributed by atoms with Gasteiger partial charge in [-0.2, -0.15) is 0 Å². The summed E-state index contributed by atoms with van der Waals surface area (Å²) in [4.78, 5) is 0. The van der Waals surface area contributed by atoms with Crippen molar-refractivity contribution in [1.29, 1.82) is 0 Å². The van der Waals surface area contributed by atoms with Gasteiger partial charge in [0.25, 0.3) is 0 Å². The van der Waals surface area contributed by atoms with Gasteiger partial charge in [-0.1, -0.05) is 45.9 Å². The molecule has 0 aliphatic rings. The van der Waals surface area contributed by atoms with Crippen LogP contribution in [0.2, 0.25) is 0 Å². The zero-order chi connectivity index (χ0) is 14.2. The normalized spacial score (nSPS) is 10.7. The average molecular weight is 310 g/mol. The maximum absolute atomic E-state index is 12.7. The second kappa shape index (κ2) is 8.32. The van der Waals surface area contributed by atoms with E-state index in [0.29, 0.717) is 0 Å². The Labute approximate surface area is 126 Å². The molecule has 0 N–H and O–H groups in total. The Bertz CT molecular complexity index is 460. The highest BCUT2D eigenvalue weighted by atomic mass is 33.1. The van der Waals surface area contributed by atoms with Crippen LogP contribution < -0.4 is 0 Å². The van der Waals surface area contributed by atoms with Crippen molar-refractivity contribution < 1.29 is 8.78 Å². The Kier molecular flexibility index (Phi) is 6.40. The Morgan fingerprint density at radius 3 is 1.30 bits per heavy atom. The molecule has 106 valence electrons. The minimum Gasteiger partial charge on any atom is -0.207 e. The molecule has 4 heteroatoms. The molecule has 0 spiro atoms. The van der Waals surface area contributed by atoms with Crippen molar-refractivity contribution in [2.75, 3.05) is 11.5 Å². The van der Waals surface area contributed by atoms with Gasteiger partial charge in [0.2, 0.25) is 0 Å². The van der Waals surface area contributed by atoms with E-state index in [9.17, 15) is 8.78 Å². The van der Waals surface area contributed by atoms with Gasteiger partial charge in [-0.05, 0) is 48.2 Å². The van der Waals surface area contributed by atoms with Gasteiger partial charge in [0.1, 0.15) is 11.6 Å². The first-order chi connectivity index (χ1) is 9.74. The van der Waals surface area contributed by atoms with Crippen molar-refractivity contribution in [2.24, 2.45) is 0 Å². The first-order valence-corrected chi connectivity index (χ1v) is 8.96. The van der Waals surface area contributed by atoms with Crippen LogP contribution in [0.4, 0.5) is 8.78 Å². The summed E-state index contributed by atoms with van der Waals surface area (Å²) in [6.07, 6.45) is 1.91. The second-order valence-electron chi connectivity index (χ2n) is 4.40. The van der Waals surface area contributed by atoms with Crippen molar-refractivity contribution in [2.45, 2.75) is 12.8 Å². The zero-order valence-corrected chi connectivity index (χ0v) is 12.7. The molecule has 0 aliphatic carbocycles. The summed E-state index contributed by atoms with van der Waals surface area (Å²) in [7, 11) is 3.65. The minimum atomic E-state index is -0.185. The molecule has 2 rings (SSSR count). The fraction of sp³-hybridized carbons (Fsp3) is 0.250. The molecule has 0 atom stereocenters. The maximum Gasteiger partial charge on any atom is 0.123 e. The third-order valence-corrected chi connectivity index (χ3v) is 5.27. The lowest BCUT2D eigenvalue weighted by atomic mass is 10.2. The third-order valence-electron chi connectivity index (χ3n) is 2.86. The standard InChI is InChI=1S/C16H16F2S2/c17-15-5-1-13(2-6-15)9-11-19-20-12-10-14-3-7-16(18)8-4-14/h1-8H,9-12H2. The van der Waals surface area contributed by atoms with Gasteiger partial charge in [-0.3, -0.25) is 0 Å². The van der Waals surface area contributed by atoms with Crippen LogP contribution in [0.15, 0.2) is 48.5 Å². The fourth-order valence-corrected chi connectivity index (χ4v) is 3.82. The third kappa shape index (κ3) is 5.55. The zero-order valence-electron chi connectivity index (χ0n) is 11.0. The molecule has 0 fully saturated rings. The summed E-state index contributed by atoms with van der Waals surface area (Å²) < 4.78 is 25.5. The molecule has 0 nitrogen and oxygen atoms in total. The summed E-state index contributed by atoms with van der Waals surface area (Å²) >= 11 is 0. The van der Waals surface area contributed by atoms with E-state index in [1.165, 1.54) is 24.3 Å². The molecule has 0 unspecified atom stereocenters. The second-order valence-corrected chi connectivity index (χ2v) is 7.10. The molecule has 0 saturated heterocycles. The van der Waals surface area contributed by atoms with E-state index in [-0.39, 0.29) is 11.6 Å². The number of benzene rings is 2. The highest BCUT2D eigenvalue weighted by Crippen LogP contribution is 2.23. The van der Waals surface area contributed by atoms with Gasteiger partial charge in [-0.25, -0.2) is 8.78 Å². The summed E-state index contributed by atoms with van der Waals surface area (Å²) in [6, 6.07) is 13.3. The first-order valence-electron chi connectivity index (χ1n) is 6.47. The summed E-state index contributed by atoms with van der Waals surface area (Å²) in [5, 5.41) is 0. The molecule has 0 aromatic heterocycles. The van der Waals surface area contributed by atoms with Crippen molar-refractivity contribution in [3.05, 3.63) is 71.3 Å². The van der Waals surface area contributed by atoms with E-state index >= 15 is 0 Å². The summed E-state index contributed by atoms with van der Waals surface area (Å²) in [5.41, 5.74) is 2.33. The molecular weight excluding hydrogens is 294 g/mol. The van der Waals surface area contributed by atoms with Crippen LogP contribution in [0.1, 0.15) is 11.1 Å². The number of hydrogen-bond acceptors (Lipinski definition) is 2. The van der Waals surface area contributed by atoms with Crippen molar-refractivity contribution in [3.8, 4) is 0 Å². The predicted molar refractivity (Wildman–Crippen MR) is 85.1 cm³/mol. The lowest BCUT2D eigenvalue weighted by Crippen LogP contribution is -1.90. The summed E-state index contributed by atoms with van der Waals surface area (Å²) in [6.45, 7) is 0. The van der Waals surface area contributed by atoms with Crippen molar-refractivity contribution in [1.82, 2.24) is 0 Å². The molecule has 2 aromatic rings. The lowest BCUT2D eigenvalue weighted by Gasteiger charge is -2.03. The minimum absolute atomic E-state index is 0.185. The predicted octanol–water partition coefficient (Wildman–Crippen LogP) is 5.13. The molecule has 0 radical (unpaired) electrons. The van der Waals surface area contributed by atoms with Gasteiger partial charge in [0.15, 0.2) is 0 Å². The average Bonchev–Trinajstić information content (AvgIpc) is 2.46. The fourth-order valence-electron chi connectivity index (χ4n) is 1.74. The maximum atomic E-state index is 12.7. The molecule has 0 bridgehead atoms. The van der Waals surface area contributed by atoms with Crippen LogP contribution in [-0.2, 0) is 12.8 Å². The molecule has 2 aromatic carbocycles. The quantitative estimate of drug-likeness (QED) is 0.513. The lowest BCUT2D eigenvalue weighted by molar-refractivity contribution is 0.626. The topological polar surface area (TPSA) is 0 Å². The van der Waals surface area contributed by atoms with E-state index in [1.807, 2.05) is 45.9 Å². The first kappa shape index (κ1) is 15.4. The van der Waals surface area contributed by atoms with Crippen LogP contribution in [0, 0.1) is 11.6 Å². The van der Waals surface area contributed by atoms with Crippen LogP contribution in [0.3, 0.4) is 0 Å². The largest absolute Gasteiger partial charge is 0.207 e. The van der Waals surface area contributed by atoms with Crippen molar-refractivity contribution >= 4 is 21.6 Å². The van der Waals surface area contributed by atoms with Crippen LogP contribution in [0.5, 0.6) is 0 Å². The van der Waals surface area contributed by atoms with Crippen LogP contribution in [-0.4, -0.2) is 11.5 Å². The van der Waals surface area contributed by atoms with E-state index in [2.05, 4.69) is 0 Å². The highest BCUT2D eigenvalue weighted by Gasteiger charge is 1.97. The number of hydrogen-bond donors (Lipinski definition) is 0. The molecular formula is C16H16F2S2. The van der Waals surface area contributed by atoms with Crippen LogP contribution >= 0.6 is 21.6 Å². The Hall–Kier alpha value is -1.00. The SMILES string of the molecule is Fc1ccc(CCSSCCc2ccc(F)cc2)cc1. The van der Waals surface area contributed by atoms with Crippen LogP contribution in [0.25, 0.3) is 0 Å². The van der Waals surface area contributed by atoms with Crippen molar-refractivity contribution in [3.63, 3.8) is 0 Å².